The number of hydrogen-bond donors (Lipinski definition) is 3. The smallest absolute Gasteiger partial charge is 0.243 e. The van der Waals surface area contributed by atoms with Gasteiger partial charge in [0.15, 0.2) is 5.96 Å². The van der Waals surface area contributed by atoms with Crippen LogP contribution in [0.25, 0.3) is 0 Å². The van der Waals surface area contributed by atoms with Gasteiger partial charge >= 0.3 is 0 Å². The third-order valence-electron chi connectivity index (χ3n) is 4.88. The lowest BCUT2D eigenvalue weighted by Crippen LogP contribution is -2.49. The maximum Gasteiger partial charge on any atom is 0.243 e. The first-order valence-electron chi connectivity index (χ1n) is 8.92. The van der Waals surface area contributed by atoms with Gasteiger partial charge in [0.25, 0.3) is 0 Å². The number of anilines is 1. The number of nitrogens with one attached hydrogen (secondary N) is 3. The Labute approximate surface area is 177 Å². The highest BCUT2D eigenvalue weighted by molar-refractivity contribution is 14.0. The second kappa shape index (κ2) is 10.2. The molecule has 0 aliphatic heterocycles. The molecule has 1 heterocycles. The number of benzene rings is 1. The highest BCUT2D eigenvalue weighted by Crippen LogP contribution is 2.43. The number of carbonyl (C=O) groups excluding carboxylic acids is 1. The minimum atomic E-state index is -0.137. The molecule has 1 aromatic heterocycles. The van der Waals surface area contributed by atoms with Gasteiger partial charge < -0.3 is 16.0 Å². The first kappa shape index (κ1) is 21.1. The highest BCUT2D eigenvalue weighted by Gasteiger charge is 2.38. The van der Waals surface area contributed by atoms with E-state index in [-0.39, 0.29) is 41.8 Å². The molecular weight excluding hydrogens is 453 g/mol. The Balaban J connectivity index is 0.00000261. The number of nitrogens with zero attached hydrogens (tertiary/aromatic N) is 2. The van der Waals surface area contributed by atoms with Crippen LogP contribution in [-0.2, 0) is 10.2 Å². The number of amides is 1. The number of carbonyl (C=O) groups is 1. The zero-order valence-corrected chi connectivity index (χ0v) is 17.8. The SMILES string of the molecule is CN=C(NCC(=O)Nc1cccnc1)NCC1(c2ccccc2)CCC1.I. The summed E-state index contributed by atoms with van der Waals surface area (Å²) in [4.78, 5) is 20.2. The zero-order valence-electron chi connectivity index (χ0n) is 15.4. The van der Waals surface area contributed by atoms with Crippen LogP contribution in [0.5, 0.6) is 0 Å². The molecule has 0 radical (unpaired) electrons. The fraction of sp³-hybridized carbons (Fsp3) is 0.350. The van der Waals surface area contributed by atoms with Gasteiger partial charge in [0, 0.05) is 25.2 Å². The van der Waals surface area contributed by atoms with Crippen molar-refractivity contribution in [2.24, 2.45) is 4.99 Å². The molecule has 1 saturated carbocycles. The van der Waals surface area contributed by atoms with Gasteiger partial charge in [-0.2, -0.15) is 0 Å². The van der Waals surface area contributed by atoms with Crippen LogP contribution in [0.2, 0.25) is 0 Å². The molecule has 0 bridgehead atoms. The maximum atomic E-state index is 12.0. The molecule has 27 heavy (non-hydrogen) atoms. The minimum absolute atomic E-state index is 0. The van der Waals surface area contributed by atoms with Crippen LogP contribution >= 0.6 is 24.0 Å². The van der Waals surface area contributed by atoms with Crippen molar-refractivity contribution in [3.8, 4) is 0 Å². The van der Waals surface area contributed by atoms with Crippen molar-refractivity contribution in [1.82, 2.24) is 15.6 Å². The first-order chi connectivity index (χ1) is 12.7. The van der Waals surface area contributed by atoms with Crippen LogP contribution in [0.4, 0.5) is 5.69 Å². The Kier molecular flexibility index (Phi) is 8.02. The second-order valence-electron chi connectivity index (χ2n) is 6.57. The first-order valence-corrected chi connectivity index (χ1v) is 8.92. The van der Waals surface area contributed by atoms with E-state index in [1.165, 1.54) is 24.8 Å². The lowest BCUT2D eigenvalue weighted by Gasteiger charge is -2.43. The lowest BCUT2D eigenvalue weighted by atomic mass is 9.64. The van der Waals surface area contributed by atoms with Crippen LogP contribution in [-0.4, -0.2) is 37.0 Å². The summed E-state index contributed by atoms with van der Waals surface area (Å²) in [5, 5.41) is 9.24. The standard InChI is InChI=1S/C20H25N5O.HI/c1-21-19(23-14-18(26)25-17-9-5-12-22-13-17)24-15-20(10-6-11-20)16-7-3-2-4-8-16;/h2-5,7-9,12-13H,6,10-11,14-15H2,1H3,(H,25,26)(H2,21,23,24);1H. The molecule has 0 saturated heterocycles. The van der Waals surface area contributed by atoms with Gasteiger partial charge in [0.05, 0.1) is 18.4 Å². The Morgan fingerprint density at radius 3 is 2.52 bits per heavy atom. The van der Waals surface area contributed by atoms with Gasteiger partial charge in [-0.05, 0) is 30.5 Å². The molecule has 1 amide bonds. The summed E-state index contributed by atoms with van der Waals surface area (Å²) in [7, 11) is 1.71. The predicted octanol–water partition coefficient (Wildman–Crippen LogP) is 2.93. The Hall–Kier alpha value is -2.16. The molecule has 0 atom stereocenters. The molecule has 7 heteroatoms. The van der Waals surface area contributed by atoms with E-state index in [4.69, 9.17) is 0 Å². The molecule has 1 aromatic carbocycles. The van der Waals surface area contributed by atoms with Crippen LogP contribution < -0.4 is 16.0 Å². The third-order valence-corrected chi connectivity index (χ3v) is 4.88. The molecule has 3 N–H and O–H groups in total. The zero-order chi connectivity index (χ0) is 18.2. The van der Waals surface area contributed by atoms with Crippen LogP contribution in [0, 0.1) is 0 Å². The molecule has 1 aliphatic rings. The molecule has 1 fully saturated rings. The Morgan fingerprint density at radius 1 is 1.15 bits per heavy atom. The highest BCUT2D eigenvalue weighted by atomic mass is 127. The molecule has 144 valence electrons. The van der Waals surface area contributed by atoms with Crippen LogP contribution in [0.1, 0.15) is 24.8 Å². The van der Waals surface area contributed by atoms with Gasteiger partial charge in [-0.15, -0.1) is 24.0 Å². The molecule has 6 nitrogen and oxygen atoms in total. The third kappa shape index (κ3) is 5.66. The van der Waals surface area contributed by atoms with Gasteiger partial charge in [0.2, 0.25) is 5.91 Å². The number of hydrogen-bond acceptors (Lipinski definition) is 3. The summed E-state index contributed by atoms with van der Waals surface area (Å²) in [6.07, 6.45) is 6.87. The Bertz CT molecular complexity index is 747. The van der Waals surface area contributed by atoms with E-state index in [0.29, 0.717) is 11.6 Å². The van der Waals surface area contributed by atoms with Crippen molar-refractivity contribution in [2.75, 3.05) is 25.5 Å². The molecule has 3 rings (SSSR count). The van der Waals surface area contributed by atoms with Crippen molar-refractivity contribution in [3.63, 3.8) is 0 Å². The second-order valence-corrected chi connectivity index (χ2v) is 6.57. The molecule has 1 aliphatic carbocycles. The number of guanidine groups is 1. The monoisotopic (exact) mass is 479 g/mol. The summed E-state index contributed by atoms with van der Waals surface area (Å²) >= 11 is 0. The average Bonchev–Trinajstić information content (AvgIpc) is 2.65. The Morgan fingerprint density at radius 2 is 1.93 bits per heavy atom. The fourth-order valence-corrected chi connectivity index (χ4v) is 3.24. The molecule has 0 spiro atoms. The molecule has 2 aromatic rings. The van der Waals surface area contributed by atoms with E-state index in [9.17, 15) is 4.79 Å². The fourth-order valence-electron chi connectivity index (χ4n) is 3.24. The van der Waals surface area contributed by atoms with Crippen molar-refractivity contribution < 1.29 is 4.79 Å². The van der Waals surface area contributed by atoms with E-state index in [1.807, 2.05) is 6.07 Å². The maximum absolute atomic E-state index is 12.0. The topological polar surface area (TPSA) is 78.4 Å². The van der Waals surface area contributed by atoms with E-state index in [0.717, 1.165) is 6.54 Å². The number of halogens is 1. The van der Waals surface area contributed by atoms with E-state index >= 15 is 0 Å². The van der Waals surface area contributed by atoms with E-state index in [2.05, 4.69) is 50.2 Å². The number of aromatic nitrogens is 1. The van der Waals surface area contributed by atoms with Crippen molar-refractivity contribution in [2.45, 2.75) is 24.7 Å². The number of pyridine rings is 1. The quantitative estimate of drug-likeness (QED) is 0.338. The van der Waals surface area contributed by atoms with Crippen LogP contribution in [0.15, 0.2) is 59.9 Å². The van der Waals surface area contributed by atoms with Crippen molar-refractivity contribution in [3.05, 3.63) is 60.4 Å². The summed E-state index contributed by atoms with van der Waals surface area (Å²) in [6, 6.07) is 14.2. The number of aliphatic imine (C=N–C) groups is 1. The number of rotatable bonds is 6. The summed E-state index contributed by atoms with van der Waals surface area (Å²) in [6.45, 7) is 0.952. The summed E-state index contributed by atoms with van der Waals surface area (Å²) < 4.78 is 0. The minimum Gasteiger partial charge on any atom is -0.356 e. The van der Waals surface area contributed by atoms with Crippen LogP contribution in [0.3, 0.4) is 0 Å². The van der Waals surface area contributed by atoms with Gasteiger partial charge in [0.1, 0.15) is 0 Å². The molecule has 0 unspecified atom stereocenters. The summed E-state index contributed by atoms with van der Waals surface area (Å²) in [5.41, 5.74) is 2.21. The predicted molar refractivity (Wildman–Crippen MR) is 120 cm³/mol. The van der Waals surface area contributed by atoms with E-state index < -0.39 is 0 Å². The van der Waals surface area contributed by atoms with Crippen molar-refractivity contribution >= 4 is 41.5 Å². The normalized spacial score (nSPS) is 15.1. The molecular formula is C20H26IN5O. The summed E-state index contributed by atoms with van der Waals surface area (Å²) in [5.74, 6) is 0.496. The van der Waals surface area contributed by atoms with Gasteiger partial charge in [-0.1, -0.05) is 36.8 Å². The van der Waals surface area contributed by atoms with Gasteiger partial charge in [-0.3, -0.25) is 14.8 Å². The van der Waals surface area contributed by atoms with E-state index in [1.54, 1.807) is 31.6 Å². The average molecular weight is 479 g/mol. The van der Waals surface area contributed by atoms with Gasteiger partial charge in [-0.25, -0.2) is 0 Å². The lowest BCUT2D eigenvalue weighted by molar-refractivity contribution is -0.115. The van der Waals surface area contributed by atoms with Crippen molar-refractivity contribution in [1.29, 1.82) is 0 Å². The largest absolute Gasteiger partial charge is 0.356 e.